The van der Waals surface area contributed by atoms with Crippen molar-refractivity contribution in [2.24, 2.45) is 16.1 Å². The van der Waals surface area contributed by atoms with E-state index in [0.717, 1.165) is 6.54 Å². The fourth-order valence-electron chi connectivity index (χ4n) is 1.80. The Morgan fingerprint density at radius 1 is 1.44 bits per heavy atom. The molecule has 0 bridgehead atoms. The number of guanidine groups is 1. The largest absolute Gasteiger partial charge is 0.383 e. The summed E-state index contributed by atoms with van der Waals surface area (Å²) in [5, 5.41) is 3.10. The third kappa shape index (κ3) is 11.0. The van der Waals surface area contributed by atoms with Gasteiger partial charge in [0.1, 0.15) is 0 Å². The lowest BCUT2D eigenvalue weighted by atomic mass is 9.93. The normalized spacial score (nSPS) is 14.3. The Morgan fingerprint density at radius 2 is 2.00 bits per heavy atom. The topological polar surface area (TPSA) is 62.9 Å². The van der Waals surface area contributed by atoms with E-state index in [1.165, 1.54) is 0 Å². The molecule has 6 heteroatoms. The first kappa shape index (κ1) is 20.2. The lowest BCUT2D eigenvalue weighted by molar-refractivity contribution is 0.179. The molecule has 0 aliphatic carbocycles. The van der Waals surface area contributed by atoms with Crippen molar-refractivity contribution >= 4 is 29.9 Å². The maximum Gasteiger partial charge on any atom is 0.188 e. The summed E-state index contributed by atoms with van der Waals surface area (Å²) in [5.74, 6) is 0.487. The third-order valence-corrected chi connectivity index (χ3v) is 2.23. The molecular weight excluding hydrogens is 343 g/mol. The van der Waals surface area contributed by atoms with Crippen LogP contribution in [0.25, 0.3) is 0 Å². The van der Waals surface area contributed by atoms with Gasteiger partial charge in [-0.25, -0.2) is 0 Å². The molecular formula is C12H29IN4O. The molecule has 18 heavy (non-hydrogen) atoms. The molecule has 0 aliphatic heterocycles. The molecule has 3 N–H and O–H groups in total. The van der Waals surface area contributed by atoms with Crippen molar-refractivity contribution in [3.63, 3.8) is 0 Å². The van der Waals surface area contributed by atoms with E-state index in [0.29, 0.717) is 19.1 Å². The van der Waals surface area contributed by atoms with E-state index in [2.05, 4.69) is 43.2 Å². The van der Waals surface area contributed by atoms with Crippen LogP contribution in [0, 0.1) is 5.41 Å². The number of aliphatic imine (C=N–C) groups is 1. The van der Waals surface area contributed by atoms with Gasteiger partial charge in [-0.2, -0.15) is 0 Å². The molecule has 0 rings (SSSR count). The third-order valence-electron chi connectivity index (χ3n) is 2.23. The van der Waals surface area contributed by atoms with Crippen molar-refractivity contribution < 1.29 is 4.74 Å². The number of nitrogens with zero attached hydrogens (tertiary/aromatic N) is 2. The van der Waals surface area contributed by atoms with E-state index >= 15 is 0 Å². The van der Waals surface area contributed by atoms with Gasteiger partial charge in [0.2, 0.25) is 0 Å². The predicted molar refractivity (Wildman–Crippen MR) is 88.7 cm³/mol. The fraction of sp³-hybridized carbons (Fsp3) is 0.917. The van der Waals surface area contributed by atoms with Gasteiger partial charge < -0.3 is 20.7 Å². The molecule has 110 valence electrons. The highest BCUT2D eigenvalue weighted by Gasteiger charge is 2.18. The molecule has 0 spiro atoms. The van der Waals surface area contributed by atoms with Crippen LogP contribution < -0.4 is 11.1 Å². The molecule has 1 unspecified atom stereocenters. The molecule has 0 aromatic carbocycles. The average molecular weight is 372 g/mol. The number of hydrogen-bond acceptors (Lipinski definition) is 3. The highest BCUT2D eigenvalue weighted by Crippen LogP contribution is 2.15. The van der Waals surface area contributed by atoms with Crippen LogP contribution >= 0.6 is 24.0 Å². The number of hydrogen-bond donors (Lipinski definition) is 2. The van der Waals surface area contributed by atoms with Crippen molar-refractivity contribution in [2.75, 3.05) is 40.9 Å². The smallest absolute Gasteiger partial charge is 0.188 e. The first-order valence-electron chi connectivity index (χ1n) is 5.97. The molecule has 5 nitrogen and oxygen atoms in total. The van der Waals surface area contributed by atoms with Crippen LogP contribution in [-0.2, 0) is 4.74 Å². The van der Waals surface area contributed by atoms with Crippen LogP contribution in [0.3, 0.4) is 0 Å². The summed E-state index contributed by atoms with van der Waals surface area (Å²) in [7, 11) is 5.80. The van der Waals surface area contributed by atoms with E-state index in [1.54, 1.807) is 7.11 Å². The summed E-state index contributed by atoms with van der Waals surface area (Å²) in [6.07, 6.45) is 0. The Labute approximate surface area is 129 Å². The van der Waals surface area contributed by atoms with Crippen molar-refractivity contribution in [3.8, 4) is 0 Å². The summed E-state index contributed by atoms with van der Waals surface area (Å²) in [6.45, 7) is 8.69. The average Bonchev–Trinajstić information content (AvgIpc) is 2.13. The minimum atomic E-state index is 0. The van der Waals surface area contributed by atoms with Gasteiger partial charge in [-0.3, -0.25) is 4.99 Å². The lowest BCUT2D eigenvalue weighted by Crippen LogP contribution is -2.41. The first-order chi connectivity index (χ1) is 7.76. The summed E-state index contributed by atoms with van der Waals surface area (Å²) in [4.78, 5) is 6.53. The molecule has 0 saturated carbocycles. The first-order valence-corrected chi connectivity index (χ1v) is 5.97. The zero-order valence-corrected chi connectivity index (χ0v) is 14.8. The van der Waals surface area contributed by atoms with Gasteiger partial charge in [-0.05, 0) is 26.4 Å². The van der Waals surface area contributed by atoms with E-state index in [1.807, 2.05) is 6.92 Å². The van der Waals surface area contributed by atoms with Gasteiger partial charge in [0.15, 0.2) is 5.96 Å². The predicted octanol–water partition coefficient (Wildman–Crippen LogP) is 1.13. The van der Waals surface area contributed by atoms with Gasteiger partial charge in [0.05, 0.1) is 6.61 Å². The Kier molecular flexibility index (Phi) is 11.0. The maximum atomic E-state index is 5.81. The van der Waals surface area contributed by atoms with Gasteiger partial charge in [-0.15, -0.1) is 24.0 Å². The second-order valence-electron chi connectivity index (χ2n) is 5.60. The molecule has 0 amide bonds. The van der Waals surface area contributed by atoms with Crippen molar-refractivity contribution in [1.29, 1.82) is 0 Å². The van der Waals surface area contributed by atoms with Gasteiger partial charge in [0, 0.05) is 26.2 Å². The summed E-state index contributed by atoms with van der Waals surface area (Å²) >= 11 is 0. The standard InChI is InChI=1S/C12H28N4O.HI/c1-10(7-17-6)15-11(13)14-8-12(2,3)9-16(4)5;/h10H,7-9H2,1-6H3,(H3,13,14,15);1H. The molecule has 0 aromatic heterocycles. The monoisotopic (exact) mass is 372 g/mol. The molecule has 0 saturated heterocycles. The van der Waals surface area contributed by atoms with E-state index in [4.69, 9.17) is 10.5 Å². The minimum absolute atomic E-state index is 0. The van der Waals surface area contributed by atoms with E-state index in [9.17, 15) is 0 Å². The van der Waals surface area contributed by atoms with Gasteiger partial charge in [-0.1, -0.05) is 13.8 Å². The summed E-state index contributed by atoms with van der Waals surface area (Å²) in [5.41, 5.74) is 5.94. The number of nitrogens with one attached hydrogen (secondary N) is 1. The number of ether oxygens (including phenoxy) is 1. The molecule has 0 aromatic rings. The van der Waals surface area contributed by atoms with Crippen LogP contribution in [0.5, 0.6) is 0 Å². The number of methoxy groups -OCH3 is 1. The van der Waals surface area contributed by atoms with Gasteiger partial charge >= 0.3 is 0 Å². The van der Waals surface area contributed by atoms with Gasteiger partial charge in [0.25, 0.3) is 0 Å². The second-order valence-corrected chi connectivity index (χ2v) is 5.60. The molecule has 0 radical (unpaired) electrons. The summed E-state index contributed by atoms with van der Waals surface area (Å²) in [6, 6.07) is 0.181. The second kappa shape index (κ2) is 9.80. The Bertz CT molecular complexity index is 244. The summed E-state index contributed by atoms with van der Waals surface area (Å²) < 4.78 is 5.02. The Balaban J connectivity index is 0. The number of rotatable bonds is 7. The number of halogens is 1. The maximum absolute atomic E-state index is 5.81. The fourth-order valence-corrected chi connectivity index (χ4v) is 1.80. The quantitative estimate of drug-likeness (QED) is 0.400. The molecule has 0 aliphatic rings. The van der Waals surface area contributed by atoms with Crippen LogP contribution in [0.15, 0.2) is 4.99 Å². The zero-order chi connectivity index (χ0) is 13.5. The Morgan fingerprint density at radius 3 is 2.44 bits per heavy atom. The Hall–Kier alpha value is -0.0800. The van der Waals surface area contributed by atoms with Crippen LogP contribution in [-0.4, -0.2) is 57.8 Å². The number of nitrogens with two attached hydrogens (primary N) is 1. The van der Waals surface area contributed by atoms with Crippen LogP contribution in [0.1, 0.15) is 20.8 Å². The highest BCUT2D eigenvalue weighted by atomic mass is 127. The highest BCUT2D eigenvalue weighted by molar-refractivity contribution is 14.0. The van der Waals surface area contributed by atoms with E-state index < -0.39 is 0 Å². The van der Waals surface area contributed by atoms with E-state index in [-0.39, 0.29) is 35.4 Å². The SMILES string of the molecule is COCC(C)NC(N)=NCC(C)(C)CN(C)C.I. The van der Waals surface area contributed by atoms with Crippen LogP contribution in [0.2, 0.25) is 0 Å². The van der Waals surface area contributed by atoms with Crippen molar-refractivity contribution in [1.82, 2.24) is 10.2 Å². The van der Waals surface area contributed by atoms with Crippen molar-refractivity contribution in [3.05, 3.63) is 0 Å². The molecule has 0 fully saturated rings. The lowest BCUT2D eigenvalue weighted by Gasteiger charge is -2.26. The van der Waals surface area contributed by atoms with Crippen molar-refractivity contribution in [2.45, 2.75) is 26.8 Å². The molecule has 1 atom stereocenters. The minimum Gasteiger partial charge on any atom is -0.383 e. The zero-order valence-electron chi connectivity index (χ0n) is 12.5. The van der Waals surface area contributed by atoms with Crippen LogP contribution in [0.4, 0.5) is 0 Å². The molecule has 0 heterocycles.